The van der Waals surface area contributed by atoms with E-state index in [2.05, 4.69) is 22.0 Å². The standard InChI is InChI=1S/C17H19N3O/c1-12(21)13-6-8-20(9-7-13)17-10-14(11-18)19-16-5-3-2-4-15(16)17/h2-5,10,12-13,21H,6-9H2,1H3. The van der Waals surface area contributed by atoms with Crippen molar-refractivity contribution in [3.8, 4) is 6.07 Å². The Labute approximate surface area is 124 Å². The number of aliphatic hydroxyl groups is 1. The normalized spacial score (nSPS) is 17.7. The zero-order valence-electron chi connectivity index (χ0n) is 12.2. The van der Waals surface area contributed by atoms with Crippen LogP contribution in [0.25, 0.3) is 10.9 Å². The SMILES string of the molecule is CC(O)C1CCN(c2cc(C#N)nc3ccccc23)CC1. The highest BCUT2D eigenvalue weighted by Gasteiger charge is 2.24. The Kier molecular flexibility index (Phi) is 3.76. The highest BCUT2D eigenvalue weighted by atomic mass is 16.3. The third kappa shape index (κ3) is 2.70. The van der Waals surface area contributed by atoms with Gasteiger partial charge in [0.05, 0.1) is 11.6 Å². The molecule has 0 saturated carbocycles. The molecule has 0 aliphatic carbocycles. The fourth-order valence-electron chi connectivity index (χ4n) is 3.10. The Morgan fingerprint density at radius 1 is 1.33 bits per heavy atom. The largest absolute Gasteiger partial charge is 0.393 e. The predicted molar refractivity (Wildman–Crippen MR) is 83.1 cm³/mol. The van der Waals surface area contributed by atoms with E-state index in [1.165, 1.54) is 0 Å². The molecule has 3 rings (SSSR count). The quantitative estimate of drug-likeness (QED) is 0.919. The van der Waals surface area contributed by atoms with Crippen LogP contribution >= 0.6 is 0 Å². The molecule has 108 valence electrons. The Bertz CT molecular complexity index is 682. The van der Waals surface area contributed by atoms with Crippen molar-refractivity contribution < 1.29 is 5.11 Å². The van der Waals surface area contributed by atoms with E-state index >= 15 is 0 Å². The molecule has 1 aliphatic rings. The number of pyridine rings is 1. The molecule has 1 aromatic heterocycles. The van der Waals surface area contributed by atoms with Crippen LogP contribution < -0.4 is 4.90 Å². The van der Waals surface area contributed by atoms with Crippen LogP contribution in [-0.4, -0.2) is 29.3 Å². The highest BCUT2D eigenvalue weighted by molar-refractivity contribution is 5.92. The summed E-state index contributed by atoms with van der Waals surface area (Å²) in [6.07, 6.45) is 1.72. The van der Waals surface area contributed by atoms with Crippen molar-refractivity contribution in [2.24, 2.45) is 5.92 Å². The maximum Gasteiger partial charge on any atom is 0.143 e. The summed E-state index contributed by atoms with van der Waals surface area (Å²) in [5.74, 6) is 0.379. The van der Waals surface area contributed by atoms with Gasteiger partial charge in [0.2, 0.25) is 0 Å². The number of hydrogen-bond acceptors (Lipinski definition) is 4. The maximum absolute atomic E-state index is 9.72. The molecule has 0 radical (unpaired) electrons. The lowest BCUT2D eigenvalue weighted by Gasteiger charge is -2.35. The minimum absolute atomic E-state index is 0.240. The van der Waals surface area contributed by atoms with E-state index in [9.17, 15) is 10.4 Å². The molecule has 1 unspecified atom stereocenters. The molecule has 4 heteroatoms. The van der Waals surface area contributed by atoms with Crippen molar-refractivity contribution in [1.29, 1.82) is 5.26 Å². The van der Waals surface area contributed by atoms with Gasteiger partial charge in [-0.3, -0.25) is 0 Å². The summed E-state index contributed by atoms with van der Waals surface area (Å²) in [6, 6.07) is 12.0. The number of benzene rings is 1. The number of anilines is 1. The van der Waals surface area contributed by atoms with E-state index in [-0.39, 0.29) is 6.10 Å². The number of hydrogen-bond donors (Lipinski definition) is 1. The van der Waals surface area contributed by atoms with Crippen LogP contribution in [0.1, 0.15) is 25.5 Å². The fraction of sp³-hybridized carbons (Fsp3) is 0.412. The number of fused-ring (bicyclic) bond motifs is 1. The minimum Gasteiger partial charge on any atom is -0.393 e. The number of nitrogens with zero attached hydrogens (tertiary/aromatic N) is 3. The molecule has 1 saturated heterocycles. The van der Waals surface area contributed by atoms with Crippen LogP contribution in [0.4, 0.5) is 5.69 Å². The van der Waals surface area contributed by atoms with Crippen LogP contribution in [0.5, 0.6) is 0 Å². The van der Waals surface area contributed by atoms with Gasteiger partial charge in [0.1, 0.15) is 11.8 Å². The Morgan fingerprint density at radius 3 is 2.71 bits per heavy atom. The van der Waals surface area contributed by atoms with Crippen LogP contribution in [-0.2, 0) is 0 Å². The molecule has 1 aromatic carbocycles. The molecule has 0 bridgehead atoms. The smallest absolute Gasteiger partial charge is 0.143 e. The van der Waals surface area contributed by atoms with Crippen LogP contribution in [0.15, 0.2) is 30.3 Å². The molecule has 2 aromatic rings. The zero-order valence-corrected chi connectivity index (χ0v) is 12.2. The lowest BCUT2D eigenvalue weighted by atomic mass is 9.91. The topological polar surface area (TPSA) is 60.1 Å². The Morgan fingerprint density at radius 2 is 2.05 bits per heavy atom. The number of piperidine rings is 1. The summed E-state index contributed by atoms with van der Waals surface area (Å²) in [5.41, 5.74) is 2.41. The first-order valence-corrected chi connectivity index (χ1v) is 7.42. The average molecular weight is 281 g/mol. The third-order valence-corrected chi connectivity index (χ3v) is 4.37. The van der Waals surface area contributed by atoms with Crippen molar-refractivity contribution in [2.75, 3.05) is 18.0 Å². The van der Waals surface area contributed by atoms with E-state index < -0.39 is 0 Å². The summed E-state index contributed by atoms with van der Waals surface area (Å²) < 4.78 is 0. The van der Waals surface area contributed by atoms with E-state index in [0.717, 1.165) is 42.5 Å². The molecule has 1 fully saturated rings. The van der Waals surface area contributed by atoms with Gasteiger partial charge in [-0.25, -0.2) is 4.98 Å². The monoisotopic (exact) mass is 281 g/mol. The molecule has 2 heterocycles. The number of para-hydroxylation sites is 1. The van der Waals surface area contributed by atoms with Crippen molar-refractivity contribution >= 4 is 16.6 Å². The highest BCUT2D eigenvalue weighted by Crippen LogP contribution is 2.31. The molecule has 1 atom stereocenters. The first-order valence-electron chi connectivity index (χ1n) is 7.42. The predicted octanol–water partition coefficient (Wildman–Crippen LogP) is 2.70. The average Bonchev–Trinajstić information content (AvgIpc) is 2.53. The number of aliphatic hydroxyl groups excluding tert-OH is 1. The lowest BCUT2D eigenvalue weighted by Crippen LogP contribution is -2.37. The number of aromatic nitrogens is 1. The van der Waals surface area contributed by atoms with E-state index in [1.807, 2.05) is 31.2 Å². The maximum atomic E-state index is 9.72. The summed E-state index contributed by atoms with van der Waals surface area (Å²) in [6.45, 7) is 3.69. The fourth-order valence-corrected chi connectivity index (χ4v) is 3.10. The van der Waals surface area contributed by atoms with Crippen LogP contribution in [0, 0.1) is 17.2 Å². The molecule has 0 amide bonds. The van der Waals surface area contributed by atoms with Crippen molar-refractivity contribution in [1.82, 2.24) is 4.98 Å². The molecule has 21 heavy (non-hydrogen) atoms. The molecule has 1 aliphatic heterocycles. The van der Waals surface area contributed by atoms with Gasteiger partial charge in [0.25, 0.3) is 0 Å². The summed E-state index contributed by atoms with van der Waals surface area (Å²) in [5, 5.41) is 20.0. The minimum atomic E-state index is -0.240. The van der Waals surface area contributed by atoms with Gasteiger partial charge >= 0.3 is 0 Å². The molecular weight excluding hydrogens is 262 g/mol. The summed E-state index contributed by atoms with van der Waals surface area (Å²) in [4.78, 5) is 6.67. The third-order valence-electron chi connectivity index (χ3n) is 4.37. The van der Waals surface area contributed by atoms with Gasteiger partial charge in [-0.1, -0.05) is 18.2 Å². The second kappa shape index (κ2) is 5.71. The van der Waals surface area contributed by atoms with Crippen molar-refractivity contribution in [2.45, 2.75) is 25.9 Å². The summed E-state index contributed by atoms with van der Waals surface area (Å²) >= 11 is 0. The Hall–Kier alpha value is -2.12. The van der Waals surface area contributed by atoms with Gasteiger partial charge in [-0.2, -0.15) is 5.26 Å². The first kappa shape index (κ1) is 13.8. The van der Waals surface area contributed by atoms with Gasteiger partial charge in [-0.15, -0.1) is 0 Å². The second-order valence-corrected chi connectivity index (χ2v) is 5.72. The van der Waals surface area contributed by atoms with E-state index in [1.54, 1.807) is 0 Å². The van der Waals surface area contributed by atoms with Gasteiger partial charge < -0.3 is 10.0 Å². The number of rotatable bonds is 2. The van der Waals surface area contributed by atoms with E-state index in [4.69, 9.17) is 0 Å². The molecule has 0 spiro atoms. The van der Waals surface area contributed by atoms with Gasteiger partial charge in [0, 0.05) is 24.2 Å². The van der Waals surface area contributed by atoms with Gasteiger partial charge in [-0.05, 0) is 37.8 Å². The van der Waals surface area contributed by atoms with Crippen LogP contribution in [0.3, 0.4) is 0 Å². The molecule has 4 nitrogen and oxygen atoms in total. The number of nitriles is 1. The van der Waals surface area contributed by atoms with Crippen LogP contribution in [0.2, 0.25) is 0 Å². The molecule has 1 N–H and O–H groups in total. The lowest BCUT2D eigenvalue weighted by molar-refractivity contribution is 0.110. The Balaban J connectivity index is 1.95. The van der Waals surface area contributed by atoms with Crippen molar-refractivity contribution in [3.05, 3.63) is 36.0 Å². The molecular formula is C17H19N3O. The van der Waals surface area contributed by atoms with E-state index in [0.29, 0.717) is 11.6 Å². The first-order chi connectivity index (χ1) is 10.2. The van der Waals surface area contributed by atoms with Gasteiger partial charge in [0.15, 0.2) is 0 Å². The zero-order chi connectivity index (χ0) is 14.8. The second-order valence-electron chi connectivity index (χ2n) is 5.72. The van der Waals surface area contributed by atoms with Crippen molar-refractivity contribution in [3.63, 3.8) is 0 Å². The summed E-state index contributed by atoms with van der Waals surface area (Å²) in [7, 11) is 0.